The molecule has 1 atom stereocenters. The van der Waals surface area contributed by atoms with E-state index in [1.807, 2.05) is 0 Å². The normalized spacial score (nSPS) is 20.3. The average Bonchev–Trinajstić information content (AvgIpc) is 2.99. The van der Waals surface area contributed by atoms with Gasteiger partial charge in [0.25, 0.3) is 11.8 Å². The summed E-state index contributed by atoms with van der Waals surface area (Å²) in [4.78, 5) is 40.1. The first-order valence-corrected chi connectivity index (χ1v) is 10.3. The van der Waals surface area contributed by atoms with Crippen molar-refractivity contribution in [2.24, 2.45) is 0 Å². The van der Waals surface area contributed by atoms with Crippen molar-refractivity contribution in [3.05, 3.63) is 52.3 Å². The lowest BCUT2D eigenvalue weighted by Gasteiger charge is -2.40. The van der Waals surface area contributed by atoms with Gasteiger partial charge >= 0.3 is 0 Å². The van der Waals surface area contributed by atoms with Crippen molar-refractivity contribution in [1.29, 1.82) is 0 Å². The van der Waals surface area contributed by atoms with Gasteiger partial charge in [0, 0.05) is 37.5 Å². The minimum atomic E-state index is -1.31. The number of aliphatic hydroxyl groups is 1. The molecule has 1 aromatic rings. The Bertz CT molecular complexity index is 1040. The lowest BCUT2D eigenvalue weighted by Crippen LogP contribution is -2.52. The van der Waals surface area contributed by atoms with E-state index in [1.54, 1.807) is 4.90 Å². The van der Waals surface area contributed by atoms with Crippen LogP contribution in [0.3, 0.4) is 0 Å². The van der Waals surface area contributed by atoms with E-state index in [0.29, 0.717) is 25.6 Å². The number of aliphatic hydroxyl groups excluding tert-OH is 1. The number of benzene rings is 1. The zero-order chi connectivity index (χ0) is 24.3. The molecule has 2 aliphatic rings. The van der Waals surface area contributed by atoms with Crippen LogP contribution < -0.4 is 10.1 Å². The molecule has 0 radical (unpaired) electrons. The number of piperazine rings is 1. The molecule has 8 nitrogen and oxygen atoms in total. The summed E-state index contributed by atoms with van der Waals surface area (Å²) in [7, 11) is 1.01. The van der Waals surface area contributed by atoms with Crippen LogP contribution in [0.4, 0.5) is 13.2 Å². The summed E-state index contributed by atoms with van der Waals surface area (Å²) in [6.07, 6.45) is 3.66. The summed E-state index contributed by atoms with van der Waals surface area (Å²) in [5, 5.41) is 12.3. The topological polar surface area (TPSA) is 99.2 Å². The Labute approximate surface area is 188 Å². The van der Waals surface area contributed by atoms with E-state index >= 15 is 0 Å². The lowest BCUT2D eigenvalue weighted by atomic mass is 10.1. The van der Waals surface area contributed by atoms with Gasteiger partial charge in [-0.1, -0.05) is 0 Å². The first-order valence-electron chi connectivity index (χ1n) is 10.3. The van der Waals surface area contributed by atoms with Gasteiger partial charge in [0.1, 0.15) is 17.3 Å². The van der Waals surface area contributed by atoms with Crippen molar-refractivity contribution >= 4 is 18.1 Å². The maximum Gasteiger partial charge on any atom is 0.274 e. The van der Waals surface area contributed by atoms with Crippen LogP contribution in [-0.2, 0) is 20.9 Å². The minimum absolute atomic E-state index is 0.0411. The third-order valence-corrected chi connectivity index (χ3v) is 5.65. The quantitative estimate of drug-likeness (QED) is 0.219. The molecule has 178 valence electrons. The number of nitrogens with zero attached hydrogens (tertiary/aromatic N) is 2. The number of amides is 2. The highest BCUT2D eigenvalue weighted by Crippen LogP contribution is 2.30. The predicted molar refractivity (Wildman–Crippen MR) is 110 cm³/mol. The van der Waals surface area contributed by atoms with Gasteiger partial charge in [-0.3, -0.25) is 14.4 Å². The van der Waals surface area contributed by atoms with Crippen LogP contribution in [0.15, 0.2) is 29.3 Å². The second-order valence-corrected chi connectivity index (χ2v) is 7.79. The Morgan fingerprint density at radius 1 is 1.30 bits per heavy atom. The first kappa shape index (κ1) is 24.1. The highest BCUT2D eigenvalue weighted by molar-refractivity contribution is 6.10. The fraction of sp³-hybridized carbons (Fsp3) is 0.409. The summed E-state index contributed by atoms with van der Waals surface area (Å²) >= 11 is 0. The molecule has 33 heavy (non-hydrogen) atoms. The highest BCUT2D eigenvalue weighted by atomic mass is 19.1. The number of rotatable bonds is 6. The highest BCUT2D eigenvalue weighted by Gasteiger charge is 2.38. The number of carbonyl (C=O) groups is 3. The van der Waals surface area contributed by atoms with Crippen molar-refractivity contribution in [3.63, 3.8) is 0 Å². The molecule has 2 heterocycles. The number of aldehydes is 1. The van der Waals surface area contributed by atoms with Crippen molar-refractivity contribution in [2.45, 2.75) is 38.8 Å². The Hall–Kier alpha value is -3.50. The van der Waals surface area contributed by atoms with E-state index in [0.717, 1.165) is 26.2 Å². The van der Waals surface area contributed by atoms with Gasteiger partial charge in [-0.2, -0.15) is 0 Å². The van der Waals surface area contributed by atoms with Gasteiger partial charge in [0.05, 0.1) is 18.7 Å². The van der Waals surface area contributed by atoms with E-state index in [9.17, 15) is 32.7 Å². The molecule has 0 spiro atoms. The van der Waals surface area contributed by atoms with Crippen LogP contribution in [0.2, 0.25) is 0 Å². The van der Waals surface area contributed by atoms with E-state index in [4.69, 9.17) is 0 Å². The maximum absolute atomic E-state index is 14.3. The van der Waals surface area contributed by atoms with Crippen LogP contribution >= 0.6 is 0 Å². The molecule has 2 saturated heterocycles. The molecule has 11 heteroatoms. The SMILES string of the molecule is COc1c(F)cc(F)c(CNC(=O)/C(C=O)=C/N2/C(=C(\C)O)C(=O)N3CCCC[C@H]2C3)c1F. The van der Waals surface area contributed by atoms with Gasteiger partial charge in [-0.25, -0.2) is 13.2 Å². The van der Waals surface area contributed by atoms with Crippen LogP contribution in [0, 0.1) is 17.5 Å². The van der Waals surface area contributed by atoms with Crippen molar-refractivity contribution in [1.82, 2.24) is 15.1 Å². The van der Waals surface area contributed by atoms with Crippen molar-refractivity contribution in [2.75, 3.05) is 20.2 Å². The molecule has 2 N–H and O–H groups in total. The van der Waals surface area contributed by atoms with Crippen LogP contribution in [0.1, 0.15) is 31.7 Å². The summed E-state index contributed by atoms with van der Waals surface area (Å²) < 4.78 is 46.5. The van der Waals surface area contributed by atoms with E-state index in [2.05, 4.69) is 10.1 Å². The number of hydrogen-bond donors (Lipinski definition) is 2. The Morgan fingerprint density at radius 3 is 2.67 bits per heavy atom. The third-order valence-electron chi connectivity index (χ3n) is 5.65. The number of methoxy groups -OCH3 is 1. The smallest absolute Gasteiger partial charge is 0.274 e. The standard InChI is InChI=1S/C22H24F3N3O5/c1-12(30)19-22(32)27-6-4-3-5-14(10-27)28(19)9-13(11-29)21(31)26-8-15-16(23)7-17(24)20(33-2)18(15)25/h7,9,11,14,30H,3-6,8,10H2,1-2H3,(H,26,31)/b13-9+,19-12+/t14-/m0/s1. The number of ether oxygens (including phenoxy) is 1. The molecule has 0 aliphatic carbocycles. The molecular formula is C22H24F3N3O5. The molecule has 3 rings (SSSR count). The van der Waals surface area contributed by atoms with E-state index in [1.165, 1.54) is 11.8 Å². The zero-order valence-electron chi connectivity index (χ0n) is 18.2. The number of carbonyl (C=O) groups excluding carboxylic acids is 3. The number of hydrogen-bond acceptors (Lipinski definition) is 6. The Kier molecular flexibility index (Phi) is 7.29. The van der Waals surface area contributed by atoms with Gasteiger partial charge in [0.2, 0.25) is 0 Å². The van der Waals surface area contributed by atoms with Gasteiger partial charge in [-0.05, 0) is 26.2 Å². The summed E-state index contributed by atoms with van der Waals surface area (Å²) in [5.74, 6) is -6.23. The minimum Gasteiger partial charge on any atom is -0.510 e. The van der Waals surface area contributed by atoms with Crippen molar-refractivity contribution in [3.8, 4) is 5.75 Å². The fourth-order valence-electron chi connectivity index (χ4n) is 4.01. The largest absolute Gasteiger partial charge is 0.510 e. The zero-order valence-corrected chi connectivity index (χ0v) is 18.2. The number of halogens is 3. The molecule has 0 saturated carbocycles. The number of nitrogens with one attached hydrogen (secondary N) is 1. The Balaban J connectivity index is 1.87. The molecule has 0 aromatic heterocycles. The molecule has 2 fully saturated rings. The van der Waals surface area contributed by atoms with E-state index in [-0.39, 0.29) is 23.8 Å². The van der Waals surface area contributed by atoms with Crippen molar-refractivity contribution < 1.29 is 37.4 Å². The third kappa shape index (κ3) is 4.81. The summed E-state index contributed by atoms with van der Waals surface area (Å²) in [5.41, 5.74) is -1.11. The predicted octanol–water partition coefficient (Wildman–Crippen LogP) is 2.30. The van der Waals surface area contributed by atoms with Gasteiger partial charge in [-0.15, -0.1) is 0 Å². The first-order chi connectivity index (χ1) is 15.7. The molecule has 2 bridgehead atoms. The Morgan fingerprint density at radius 2 is 2.03 bits per heavy atom. The maximum atomic E-state index is 14.3. The molecular weight excluding hydrogens is 443 g/mol. The monoisotopic (exact) mass is 467 g/mol. The van der Waals surface area contributed by atoms with Gasteiger partial charge < -0.3 is 25.0 Å². The average molecular weight is 467 g/mol. The second-order valence-electron chi connectivity index (χ2n) is 7.79. The second kappa shape index (κ2) is 9.97. The molecule has 0 unspecified atom stereocenters. The lowest BCUT2D eigenvalue weighted by molar-refractivity contribution is -0.132. The van der Waals surface area contributed by atoms with Crippen LogP contribution in [0.5, 0.6) is 5.75 Å². The fourth-order valence-corrected chi connectivity index (χ4v) is 4.01. The summed E-state index contributed by atoms with van der Waals surface area (Å²) in [6.45, 7) is 1.56. The molecule has 2 aliphatic heterocycles. The molecule has 2 amide bonds. The van der Waals surface area contributed by atoms with Crippen LogP contribution in [0.25, 0.3) is 0 Å². The number of allylic oxidation sites excluding steroid dienone is 1. The van der Waals surface area contributed by atoms with Gasteiger partial charge in [0.15, 0.2) is 23.7 Å². The summed E-state index contributed by atoms with van der Waals surface area (Å²) in [6, 6.07) is 0.166. The number of fused-ring (bicyclic) bond motifs is 2. The van der Waals surface area contributed by atoms with Crippen LogP contribution in [-0.4, -0.2) is 59.2 Å². The van der Waals surface area contributed by atoms with E-state index < -0.39 is 52.7 Å². The molecule has 1 aromatic carbocycles.